The molecule has 1 saturated carbocycles. The Morgan fingerprint density at radius 3 is 2.54 bits per heavy atom. The maximum Gasteiger partial charge on any atom is 0.242 e. The van der Waals surface area contributed by atoms with Gasteiger partial charge in [-0.25, -0.2) is 0 Å². The highest BCUT2D eigenvalue weighted by molar-refractivity contribution is 6.19. The van der Waals surface area contributed by atoms with Gasteiger partial charge in [0.25, 0.3) is 0 Å². The molecule has 0 atom stereocenters. The molecule has 1 heterocycles. The van der Waals surface area contributed by atoms with Gasteiger partial charge >= 0.3 is 0 Å². The summed E-state index contributed by atoms with van der Waals surface area (Å²) in [5, 5.41) is 0. The van der Waals surface area contributed by atoms with Crippen LogP contribution in [-0.4, -0.2) is 51.2 Å². The van der Waals surface area contributed by atoms with Crippen molar-refractivity contribution >= 4 is 23.4 Å². The molecule has 0 N–H and O–H groups in total. The summed E-state index contributed by atoms with van der Waals surface area (Å²) >= 11 is 5.99. The van der Waals surface area contributed by atoms with Gasteiger partial charge in [0.2, 0.25) is 11.8 Å². The van der Waals surface area contributed by atoms with E-state index in [-0.39, 0.29) is 30.3 Å². The van der Waals surface area contributed by atoms with E-state index in [0.717, 1.165) is 31.4 Å². The molecule has 0 aliphatic heterocycles. The lowest BCUT2D eigenvalue weighted by Gasteiger charge is -2.32. The minimum atomic E-state index is -0.642. The van der Waals surface area contributed by atoms with E-state index in [1.807, 2.05) is 48.7 Å². The van der Waals surface area contributed by atoms with E-state index in [9.17, 15) is 9.59 Å². The predicted molar refractivity (Wildman–Crippen MR) is 105 cm³/mol. The van der Waals surface area contributed by atoms with Crippen molar-refractivity contribution in [3.63, 3.8) is 0 Å². The number of nitrogens with zero attached hydrogens (tertiary/aromatic N) is 3. The molecule has 26 heavy (non-hydrogen) atoms. The Bertz CT molecular complexity index is 622. The molecule has 0 radical (unpaired) electrons. The summed E-state index contributed by atoms with van der Waals surface area (Å²) in [6.45, 7) is 7.26. The molecule has 1 aliphatic carbocycles. The minimum Gasteiger partial charge on any atom is -0.353 e. The van der Waals surface area contributed by atoms with Crippen LogP contribution in [0.4, 0.5) is 0 Å². The highest BCUT2D eigenvalue weighted by Crippen LogP contribution is 2.31. The van der Waals surface area contributed by atoms with Gasteiger partial charge in [-0.3, -0.25) is 9.59 Å². The van der Waals surface area contributed by atoms with Crippen LogP contribution >= 0.6 is 11.6 Å². The largest absolute Gasteiger partial charge is 0.353 e. The summed E-state index contributed by atoms with van der Waals surface area (Å²) in [7, 11) is 1.99. The Hall–Kier alpha value is -1.49. The van der Waals surface area contributed by atoms with Gasteiger partial charge in [0, 0.05) is 37.4 Å². The fourth-order valence-electron chi connectivity index (χ4n) is 2.94. The van der Waals surface area contributed by atoms with Crippen molar-refractivity contribution in [2.24, 2.45) is 12.5 Å². The van der Waals surface area contributed by atoms with E-state index in [2.05, 4.69) is 6.92 Å². The van der Waals surface area contributed by atoms with Crippen molar-refractivity contribution in [3.8, 4) is 0 Å². The molecule has 2 amide bonds. The van der Waals surface area contributed by atoms with E-state index in [1.54, 1.807) is 4.90 Å². The zero-order chi connectivity index (χ0) is 19.3. The van der Waals surface area contributed by atoms with Crippen LogP contribution in [0.3, 0.4) is 0 Å². The molecular formula is C20H32ClN3O2. The van der Waals surface area contributed by atoms with Gasteiger partial charge < -0.3 is 14.4 Å². The second kappa shape index (κ2) is 8.94. The molecule has 1 aromatic heterocycles. The van der Waals surface area contributed by atoms with E-state index < -0.39 is 5.41 Å². The lowest BCUT2D eigenvalue weighted by molar-refractivity contribution is -0.146. The van der Waals surface area contributed by atoms with Crippen molar-refractivity contribution in [2.75, 3.05) is 19.0 Å². The number of amides is 2. The van der Waals surface area contributed by atoms with Crippen LogP contribution in [-0.2, 0) is 23.2 Å². The van der Waals surface area contributed by atoms with Crippen molar-refractivity contribution in [2.45, 2.75) is 59.0 Å². The quantitative estimate of drug-likeness (QED) is 0.583. The van der Waals surface area contributed by atoms with Crippen molar-refractivity contribution in [1.29, 1.82) is 0 Å². The first-order chi connectivity index (χ1) is 12.3. The molecule has 1 aliphatic rings. The Labute approximate surface area is 162 Å². The second-order valence-electron chi connectivity index (χ2n) is 7.96. The second-order valence-corrected chi connectivity index (χ2v) is 8.23. The first-order valence-corrected chi connectivity index (χ1v) is 10.1. The van der Waals surface area contributed by atoms with Crippen LogP contribution in [0.15, 0.2) is 18.3 Å². The number of unbranched alkanes of at least 4 members (excludes halogenated alkanes) is 1. The zero-order valence-corrected chi connectivity index (χ0v) is 17.3. The molecule has 0 saturated heterocycles. The van der Waals surface area contributed by atoms with Gasteiger partial charge in [0.1, 0.15) is 6.54 Å². The van der Waals surface area contributed by atoms with Gasteiger partial charge in [-0.1, -0.05) is 13.3 Å². The average molecular weight is 382 g/mol. The van der Waals surface area contributed by atoms with E-state index in [4.69, 9.17) is 11.6 Å². The molecule has 6 heteroatoms. The predicted octanol–water partition coefficient (Wildman–Crippen LogP) is 3.41. The number of carbonyl (C=O) groups is 2. The molecule has 0 unspecified atom stereocenters. The highest BCUT2D eigenvalue weighted by atomic mass is 35.5. The number of rotatable bonds is 10. The number of aromatic nitrogens is 1. The normalized spacial score (nSPS) is 14.3. The smallest absolute Gasteiger partial charge is 0.242 e. The van der Waals surface area contributed by atoms with Gasteiger partial charge in [0.15, 0.2) is 0 Å². The van der Waals surface area contributed by atoms with E-state index >= 15 is 0 Å². The lowest BCUT2D eigenvalue weighted by Crippen LogP contribution is -2.48. The number of hydrogen-bond donors (Lipinski definition) is 0. The Morgan fingerprint density at radius 2 is 2.04 bits per heavy atom. The number of halogens is 1. The molecular weight excluding hydrogens is 350 g/mol. The molecule has 1 fully saturated rings. The Kier molecular flexibility index (Phi) is 7.16. The molecule has 2 rings (SSSR count). The molecule has 5 nitrogen and oxygen atoms in total. The third-order valence-electron chi connectivity index (χ3n) is 5.01. The van der Waals surface area contributed by atoms with Crippen molar-refractivity contribution < 1.29 is 9.59 Å². The van der Waals surface area contributed by atoms with Crippen LogP contribution in [0.1, 0.15) is 52.1 Å². The fourth-order valence-corrected chi connectivity index (χ4v) is 3.06. The first kappa shape index (κ1) is 20.8. The third-order valence-corrected chi connectivity index (χ3v) is 5.67. The lowest BCUT2D eigenvalue weighted by atomic mass is 9.94. The van der Waals surface area contributed by atoms with Gasteiger partial charge in [-0.2, -0.15) is 0 Å². The Balaban J connectivity index is 2.10. The topological polar surface area (TPSA) is 45.6 Å². The summed E-state index contributed by atoms with van der Waals surface area (Å²) in [5.74, 6) is 0.259. The zero-order valence-electron chi connectivity index (χ0n) is 16.5. The molecule has 0 bridgehead atoms. The molecule has 1 aromatic rings. The van der Waals surface area contributed by atoms with Crippen LogP contribution in [0, 0.1) is 5.41 Å². The van der Waals surface area contributed by atoms with Gasteiger partial charge in [-0.05, 0) is 45.2 Å². The van der Waals surface area contributed by atoms with Gasteiger partial charge in [0.05, 0.1) is 12.0 Å². The summed E-state index contributed by atoms with van der Waals surface area (Å²) in [6.07, 6.45) is 5.93. The van der Waals surface area contributed by atoms with E-state index in [0.29, 0.717) is 13.1 Å². The molecule has 0 aromatic carbocycles. The van der Waals surface area contributed by atoms with Crippen LogP contribution < -0.4 is 0 Å². The fraction of sp³-hybridized carbons (Fsp3) is 0.700. The van der Waals surface area contributed by atoms with Crippen LogP contribution in [0.5, 0.6) is 0 Å². The SMILES string of the molecule is CCCCN(Cc1cccn1C)C(=O)CN(C(=O)C(C)(C)CCl)C1CC1. The average Bonchev–Trinajstić information content (AvgIpc) is 3.38. The van der Waals surface area contributed by atoms with Crippen LogP contribution in [0.2, 0.25) is 0 Å². The standard InChI is InChI=1S/C20H32ClN3O2/c1-5-6-12-23(13-17-8-7-11-22(17)4)18(25)14-24(16-9-10-16)19(26)20(2,3)15-21/h7-8,11,16H,5-6,9-10,12-15H2,1-4H3. The summed E-state index contributed by atoms with van der Waals surface area (Å²) in [4.78, 5) is 29.6. The highest BCUT2D eigenvalue weighted by Gasteiger charge is 2.40. The summed E-state index contributed by atoms with van der Waals surface area (Å²) in [5.41, 5.74) is 0.455. The number of alkyl halides is 1. The summed E-state index contributed by atoms with van der Waals surface area (Å²) < 4.78 is 2.03. The van der Waals surface area contributed by atoms with Crippen molar-refractivity contribution in [3.05, 3.63) is 24.0 Å². The molecule has 0 spiro atoms. The molecule has 146 valence electrons. The first-order valence-electron chi connectivity index (χ1n) is 9.55. The third kappa shape index (κ3) is 5.26. The number of aryl methyl sites for hydroxylation is 1. The van der Waals surface area contributed by atoms with Gasteiger partial charge in [-0.15, -0.1) is 11.6 Å². The number of carbonyl (C=O) groups excluding carboxylic acids is 2. The maximum atomic E-state index is 13.0. The summed E-state index contributed by atoms with van der Waals surface area (Å²) in [6, 6.07) is 4.21. The maximum absolute atomic E-state index is 13.0. The van der Waals surface area contributed by atoms with Crippen molar-refractivity contribution in [1.82, 2.24) is 14.4 Å². The monoisotopic (exact) mass is 381 g/mol. The Morgan fingerprint density at radius 1 is 1.35 bits per heavy atom. The minimum absolute atomic E-state index is 0.0161. The number of hydrogen-bond acceptors (Lipinski definition) is 2. The van der Waals surface area contributed by atoms with Crippen LogP contribution in [0.25, 0.3) is 0 Å². The van der Waals surface area contributed by atoms with E-state index in [1.165, 1.54) is 0 Å².